The Morgan fingerprint density at radius 2 is 1.61 bits per heavy atom. The Morgan fingerprint density at radius 3 is 2.00 bits per heavy atom. The third kappa shape index (κ3) is 9.19. The minimum absolute atomic E-state index is 0.557. The molecule has 1 aliphatic heterocycles. The number of unbranched alkanes of at least 4 members (excludes halogenated alkanes) is 3. The van der Waals surface area contributed by atoms with E-state index in [1.165, 1.54) is 32.2 Å². The van der Waals surface area contributed by atoms with E-state index in [9.17, 15) is 17.3 Å². The van der Waals surface area contributed by atoms with Gasteiger partial charge in [-0.2, -0.15) is 0 Å². The first-order valence-corrected chi connectivity index (χ1v) is 6.29. The number of halogens is 4. The maximum atomic E-state index is 9.75. The van der Waals surface area contributed by atoms with Gasteiger partial charge in [0.1, 0.15) is 0 Å². The molecule has 0 amide bonds. The molecular weight excluding hydrogens is 247 g/mol. The molecule has 0 aliphatic carbocycles. The Kier molecular flexibility index (Phi) is 7.86. The van der Waals surface area contributed by atoms with E-state index in [2.05, 4.69) is 43.1 Å². The molecule has 7 heteroatoms. The predicted molar refractivity (Wildman–Crippen MR) is 67.4 cm³/mol. The quantitative estimate of drug-likeness (QED) is 0.424. The molecule has 0 saturated carbocycles. The second-order valence-corrected chi connectivity index (χ2v) is 4.39. The molecule has 0 aromatic carbocycles. The number of hydrogen-bond donors (Lipinski definition) is 0. The van der Waals surface area contributed by atoms with Gasteiger partial charge in [-0.15, -0.1) is 0 Å². The van der Waals surface area contributed by atoms with Crippen molar-refractivity contribution >= 4 is 7.25 Å². The van der Waals surface area contributed by atoms with Crippen molar-refractivity contribution in [3.8, 4) is 0 Å². The van der Waals surface area contributed by atoms with Crippen LogP contribution in [-0.4, -0.2) is 36.8 Å². The molecule has 1 rings (SSSR count). The van der Waals surface area contributed by atoms with Gasteiger partial charge in [-0.1, -0.05) is 26.2 Å². The second kappa shape index (κ2) is 8.27. The molecule has 2 nitrogen and oxygen atoms in total. The first kappa shape index (κ1) is 17.1. The van der Waals surface area contributed by atoms with Crippen LogP contribution in [0.2, 0.25) is 0 Å². The summed E-state index contributed by atoms with van der Waals surface area (Å²) in [4.78, 5) is 4.66. The molecule has 18 heavy (non-hydrogen) atoms. The van der Waals surface area contributed by atoms with Crippen molar-refractivity contribution in [3.63, 3.8) is 0 Å². The molecule has 0 N–H and O–H groups in total. The van der Waals surface area contributed by atoms with Crippen LogP contribution in [0.3, 0.4) is 0 Å². The van der Waals surface area contributed by atoms with E-state index in [1.54, 1.807) is 0 Å². The lowest BCUT2D eigenvalue weighted by atomic mass is 10.2. The van der Waals surface area contributed by atoms with Crippen LogP contribution in [0.1, 0.15) is 39.5 Å². The van der Waals surface area contributed by atoms with Crippen molar-refractivity contribution in [2.24, 2.45) is 0 Å². The lowest BCUT2D eigenvalue weighted by Gasteiger charge is -2.26. The number of rotatable bonds is 5. The summed E-state index contributed by atoms with van der Waals surface area (Å²) < 4.78 is 39.0. The zero-order valence-corrected chi connectivity index (χ0v) is 11.3. The highest BCUT2D eigenvalue weighted by Gasteiger charge is 2.20. The van der Waals surface area contributed by atoms with Crippen molar-refractivity contribution in [1.82, 2.24) is 9.80 Å². The average Bonchev–Trinajstić information content (AvgIpc) is 2.53. The van der Waals surface area contributed by atoms with Crippen molar-refractivity contribution in [3.05, 3.63) is 12.4 Å². The van der Waals surface area contributed by atoms with E-state index in [-0.39, 0.29) is 0 Å². The fraction of sp³-hybridized carbons (Fsp3) is 0.818. The number of nitrogens with zero attached hydrogens (tertiary/aromatic N) is 2. The van der Waals surface area contributed by atoms with E-state index < -0.39 is 7.25 Å². The van der Waals surface area contributed by atoms with Crippen molar-refractivity contribution in [1.29, 1.82) is 0 Å². The zero-order valence-electron chi connectivity index (χ0n) is 11.3. The summed E-state index contributed by atoms with van der Waals surface area (Å²) in [5.74, 6) is 0. The lowest BCUT2D eigenvalue weighted by Crippen LogP contribution is -2.34. The highest BCUT2D eigenvalue weighted by atomic mass is 19.5. The van der Waals surface area contributed by atoms with Crippen LogP contribution in [0.25, 0.3) is 0 Å². The Labute approximate surface area is 107 Å². The predicted octanol–water partition coefficient (Wildman–Crippen LogP) is 3.93. The zero-order chi connectivity index (χ0) is 14.2. The van der Waals surface area contributed by atoms with Gasteiger partial charge in [0.25, 0.3) is 0 Å². The molecule has 1 atom stereocenters. The summed E-state index contributed by atoms with van der Waals surface area (Å²) in [5.41, 5.74) is 0. The molecule has 0 aromatic heterocycles. The van der Waals surface area contributed by atoms with E-state index in [0.29, 0.717) is 6.17 Å². The van der Waals surface area contributed by atoms with Crippen molar-refractivity contribution in [2.75, 3.05) is 13.6 Å². The molecule has 108 valence electrons. The van der Waals surface area contributed by atoms with Gasteiger partial charge in [-0.05, 0) is 13.3 Å². The van der Waals surface area contributed by atoms with Crippen LogP contribution in [0.4, 0.5) is 17.3 Å². The first-order chi connectivity index (χ1) is 8.25. The monoisotopic (exact) mass is 269 g/mol. The normalized spacial score (nSPS) is 18.9. The maximum Gasteiger partial charge on any atom is 0.673 e. The Hall–Kier alpha value is -0.875. The van der Waals surface area contributed by atoms with Gasteiger partial charge in [-0.3, -0.25) is 0 Å². The van der Waals surface area contributed by atoms with Crippen LogP contribution in [-0.2, 0) is 0 Å². The van der Waals surface area contributed by atoms with Gasteiger partial charge in [0, 0.05) is 26.0 Å². The second-order valence-electron chi connectivity index (χ2n) is 4.39. The fourth-order valence-electron chi connectivity index (χ4n) is 1.66. The van der Waals surface area contributed by atoms with Crippen LogP contribution < -0.4 is 0 Å². The minimum Gasteiger partial charge on any atom is -0.418 e. The third-order valence-electron chi connectivity index (χ3n) is 2.83. The summed E-state index contributed by atoms with van der Waals surface area (Å²) >= 11 is 0. The molecule has 0 spiro atoms. The Morgan fingerprint density at radius 1 is 1.06 bits per heavy atom. The Balaban J connectivity index is 0.000000494. The standard InChI is InChI=1S/C11H22N2.BF4/c1-4-5-6-7-8-13-10-9-12(3)11(13)2;2-1(3,4)5/h9-11H,4-8H2,1-3H3;/q;-1. The van der Waals surface area contributed by atoms with Crippen LogP contribution in [0.15, 0.2) is 12.4 Å². The van der Waals surface area contributed by atoms with E-state index in [1.807, 2.05) is 0 Å². The number of hydrogen-bond acceptors (Lipinski definition) is 2. The highest BCUT2D eigenvalue weighted by molar-refractivity contribution is 6.50. The van der Waals surface area contributed by atoms with Crippen molar-refractivity contribution in [2.45, 2.75) is 45.7 Å². The molecule has 1 heterocycles. The van der Waals surface area contributed by atoms with Gasteiger partial charge in [-0.25, -0.2) is 0 Å². The first-order valence-electron chi connectivity index (χ1n) is 6.29. The molecule has 0 saturated heterocycles. The van der Waals surface area contributed by atoms with Crippen LogP contribution >= 0.6 is 0 Å². The van der Waals surface area contributed by atoms with E-state index >= 15 is 0 Å². The molecule has 0 aromatic rings. The van der Waals surface area contributed by atoms with Crippen molar-refractivity contribution < 1.29 is 17.3 Å². The summed E-state index contributed by atoms with van der Waals surface area (Å²) in [6, 6.07) is 0. The Bertz CT molecular complexity index is 240. The highest BCUT2D eigenvalue weighted by Crippen LogP contribution is 2.14. The lowest BCUT2D eigenvalue weighted by molar-refractivity contribution is 0.192. The van der Waals surface area contributed by atoms with Gasteiger partial charge < -0.3 is 27.1 Å². The van der Waals surface area contributed by atoms with E-state index in [0.717, 1.165) is 0 Å². The van der Waals surface area contributed by atoms with E-state index in [4.69, 9.17) is 0 Å². The largest absolute Gasteiger partial charge is 0.673 e. The summed E-state index contributed by atoms with van der Waals surface area (Å²) in [5, 5.41) is 0. The fourth-order valence-corrected chi connectivity index (χ4v) is 1.66. The minimum atomic E-state index is -6.00. The third-order valence-corrected chi connectivity index (χ3v) is 2.83. The van der Waals surface area contributed by atoms with Crippen LogP contribution in [0, 0.1) is 0 Å². The van der Waals surface area contributed by atoms with Gasteiger partial charge in [0.15, 0.2) is 0 Å². The molecule has 0 radical (unpaired) electrons. The molecule has 0 bridgehead atoms. The molecule has 1 unspecified atom stereocenters. The van der Waals surface area contributed by atoms with Gasteiger partial charge in [0.05, 0.1) is 6.17 Å². The van der Waals surface area contributed by atoms with Gasteiger partial charge in [0.2, 0.25) is 0 Å². The summed E-state index contributed by atoms with van der Waals surface area (Å²) in [6.45, 7) is 5.72. The summed E-state index contributed by atoms with van der Waals surface area (Å²) in [7, 11) is -3.87. The summed E-state index contributed by atoms with van der Waals surface area (Å²) in [6.07, 6.45) is 10.3. The van der Waals surface area contributed by atoms with Gasteiger partial charge >= 0.3 is 7.25 Å². The SMILES string of the molecule is CCCCCCN1C=CN(C)C1C.F[B-](F)(F)F. The topological polar surface area (TPSA) is 6.48 Å². The molecule has 0 fully saturated rings. The smallest absolute Gasteiger partial charge is 0.418 e. The average molecular weight is 269 g/mol. The van der Waals surface area contributed by atoms with Crippen LogP contribution in [0.5, 0.6) is 0 Å². The molecular formula is C11H22BF4N2-. The maximum absolute atomic E-state index is 9.75. The molecule has 1 aliphatic rings.